The molecule has 0 aliphatic heterocycles. The molecule has 3 N–H and O–H groups in total. The van der Waals surface area contributed by atoms with Gasteiger partial charge in [0.15, 0.2) is 5.60 Å². The van der Waals surface area contributed by atoms with Crippen molar-refractivity contribution in [2.24, 2.45) is 22.7 Å². The molecule has 2 unspecified atom stereocenters. The minimum absolute atomic E-state index is 0.0120. The fourth-order valence-electron chi connectivity index (χ4n) is 5.80. The molecule has 5 atom stereocenters. The zero-order chi connectivity index (χ0) is 17.7. The van der Waals surface area contributed by atoms with Gasteiger partial charge in [-0.05, 0) is 75.0 Å². The molecular weight excluding hydrogens is 292 g/mol. The topological polar surface area (TPSA) is 77.8 Å². The molecule has 0 radical (unpaired) electrons. The summed E-state index contributed by atoms with van der Waals surface area (Å²) in [5.74, 6) is -0.610. The van der Waals surface area contributed by atoms with Gasteiger partial charge in [0, 0.05) is 0 Å². The predicted octanol–water partition coefficient (Wildman–Crippen LogP) is 3.60. The molecule has 23 heavy (non-hydrogen) atoms. The quantitative estimate of drug-likeness (QED) is 0.737. The lowest BCUT2D eigenvalue weighted by Gasteiger charge is -2.61. The van der Waals surface area contributed by atoms with Crippen molar-refractivity contribution < 1.29 is 20.1 Å². The first-order valence-electron chi connectivity index (χ1n) is 9.01. The van der Waals surface area contributed by atoms with Crippen molar-refractivity contribution >= 4 is 5.97 Å². The second kappa shape index (κ2) is 5.73. The summed E-state index contributed by atoms with van der Waals surface area (Å²) in [4.78, 5) is 11.2. The fraction of sp³-hybridized carbons (Fsp3) is 0.947. The molecule has 2 fully saturated rings. The number of carbonyl (C=O) groups is 1. The van der Waals surface area contributed by atoms with Crippen molar-refractivity contribution in [1.29, 1.82) is 0 Å². The van der Waals surface area contributed by atoms with Crippen LogP contribution in [0.25, 0.3) is 0 Å². The van der Waals surface area contributed by atoms with Crippen LogP contribution >= 0.6 is 0 Å². The van der Waals surface area contributed by atoms with E-state index in [1.807, 2.05) is 6.92 Å². The van der Waals surface area contributed by atoms with Gasteiger partial charge in [-0.1, -0.05) is 27.2 Å². The lowest BCUT2D eigenvalue weighted by atomic mass is 9.45. The molecule has 0 aromatic heterocycles. The Morgan fingerprint density at radius 2 is 1.78 bits per heavy atom. The molecule has 0 bridgehead atoms. The maximum absolute atomic E-state index is 11.2. The molecule has 0 aromatic carbocycles. The van der Waals surface area contributed by atoms with Gasteiger partial charge < -0.3 is 15.3 Å². The second-order valence-corrected chi connectivity index (χ2v) is 9.47. The summed E-state index contributed by atoms with van der Waals surface area (Å²) < 4.78 is 0. The molecule has 0 aromatic rings. The average Bonchev–Trinajstić information content (AvgIpc) is 2.35. The van der Waals surface area contributed by atoms with Crippen LogP contribution in [0.1, 0.15) is 79.6 Å². The van der Waals surface area contributed by atoms with Gasteiger partial charge in [-0.25, -0.2) is 4.79 Å². The van der Waals surface area contributed by atoms with Gasteiger partial charge in [-0.15, -0.1) is 0 Å². The molecule has 0 amide bonds. The largest absolute Gasteiger partial charge is 0.479 e. The van der Waals surface area contributed by atoms with Crippen molar-refractivity contribution in [2.75, 3.05) is 0 Å². The molecular formula is C19H34O4. The lowest BCUT2D eigenvalue weighted by molar-refractivity contribution is -0.177. The Kier molecular flexibility index (Phi) is 4.67. The molecule has 4 nitrogen and oxygen atoms in total. The lowest BCUT2D eigenvalue weighted by Crippen LogP contribution is -2.57. The highest BCUT2D eigenvalue weighted by atomic mass is 16.4. The highest BCUT2D eigenvalue weighted by Crippen LogP contribution is 2.63. The first kappa shape index (κ1) is 18.7. The van der Waals surface area contributed by atoms with Crippen molar-refractivity contribution in [2.45, 2.75) is 90.8 Å². The number of carboxylic acid groups (broad SMARTS) is 1. The predicted molar refractivity (Wildman–Crippen MR) is 90.1 cm³/mol. The van der Waals surface area contributed by atoms with E-state index >= 15 is 0 Å². The van der Waals surface area contributed by atoms with E-state index in [1.54, 1.807) is 0 Å². The van der Waals surface area contributed by atoms with Crippen molar-refractivity contribution in [3.8, 4) is 0 Å². The second-order valence-electron chi connectivity index (χ2n) is 9.47. The summed E-state index contributed by atoms with van der Waals surface area (Å²) in [5.41, 5.74) is -2.23. The van der Waals surface area contributed by atoms with Crippen LogP contribution in [-0.2, 0) is 4.79 Å². The van der Waals surface area contributed by atoms with E-state index in [-0.39, 0.29) is 23.2 Å². The van der Waals surface area contributed by atoms with Gasteiger partial charge in [-0.2, -0.15) is 0 Å². The van der Waals surface area contributed by atoms with Crippen LogP contribution in [0, 0.1) is 22.7 Å². The SMILES string of the molecule is CC(O)(CC[C@@H]1[C@@]2(C)CCCC(C)(C)C2CC[C@@]1(C)O)C(=O)O. The van der Waals surface area contributed by atoms with Gasteiger partial charge >= 0.3 is 5.97 Å². The smallest absolute Gasteiger partial charge is 0.335 e. The average molecular weight is 326 g/mol. The van der Waals surface area contributed by atoms with Crippen molar-refractivity contribution in [3.63, 3.8) is 0 Å². The third-order valence-corrected chi connectivity index (χ3v) is 7.14. The molecule has 134 valence electrons. The van der Waals surface area contributed by atoms with E-state index in [0.29, 0.717) is 12.3 Å². The maximum Gasteiger partial charge on any atom is 0.335 e. The Hall–Kier alpha value is -0.610. The van der Waals surface area contributed by atoms with Gasteiger partial charge in [0.05, 0.1) is 5.60 Å². The molecule has 2 aliphatic rings. The Balaban J connectivity index is 2.28. The van der Waals surface area contributed by atoms with Crippen molar-refractivity contribution in [1.82, 2.24) is 0 Å². The summed E-state index contributed by atoms with van der Waals surface area (Å²) in [6.07, 6.45) is 5.98. The number of aliphatic hydroxyl groups is 2. The Bertz CT molecular complexity index is 466. The zero-order valence-electron chi connectivity index (χ0n) is 15.4. The summed E-state index contributed by atoms with van der Waals surface area (Å²) >= 11 is 0. The van der Waals surface area contributed by atoms with Crippen LogP contribution in [0.2, 0.25) is 0 Å². The zero-order valence-corrected chi connectivity index (χ0v) is 15.4. The van der Waals surface area contributed by atoms with Crippen LogP contribution in [0.5, 0.6) is 0 Å². The van der Waals surface area contributed by atoms with E-state index < -0.39 is 17.2 Å². The highest BCUT2D eigenvalue weighted by Gasteiger charge is 2.57. The third-order valence-electron chi connectivity index (χ3n) is 7.14. The first-order valence-corrected chi connectivity index (χ1v) is 9.01. The number of hydrogen-bond donors (Lipinski definition) is 3. The molecule has 0 spiro atoms. The Labute approximate surface area is 140 Å². The van der Waals surface area contributed by atoms with Crippen LogP contribution in [0.3, 0.4) is 0 Å². The molecule has 2 aliphatic carbocycles. The standard InChI is InChI=1S/C19H34O4/c1-16(2)9-6-10-17(3)13(16)7-11-18(4,22)14(17)8-12-19(5,23)15(20)21/h13-14,22-23H,6-12H2,1-5H3,(H,20,21)/t13?,14-,17+,18-,19?/m1/s1. The van der Waals surface area contributed by atoms with E-state index in [2.05, 4.69) is 20.8 Å². The summed E-state index contributed by atoms with van der Waals surface area (Å²) in [5, 5.41) is 30.3. The number of hydrogen-bond acceptors (Lipinski definition) is 3. The highest BCUT2D eigenvalue weighted by molar-refractivity contribution is 5.76. The molecule has 2 saturated carbocycles. The van der Waals surface area contributed by atoms with Gasteiger partial charge in [0.2, 0.25) is 0 Å². The third kappa shape index (κ3) is 3.30. The molecule has 0 heterocycles. The minimum atomic E-state index is -1.72. The van der Waals surface area contributed by atoms with Gasteiger partial charge in [0.25, 0.3) is 0 Å². The van der Waals surface area contributed by atoms with Crippen LogP contribution < -0.4 is 0 Å². The number of rotatable bonds is 4. The van der Waals surface area contributed by atoms with Crippen LogP contribution in [-0.4, -0.2) is 32.5 Å². The van der Waals surface area contributed by atoms with Crippen molar-refractivity contribution in [3.05, 3.63) is 0 Å². The summed E-state index contributed by atoms with van der Waals surface area (Å²) in [6.45, 7) is 10.2. The van der Waals surface area contributed by atoms with Gasteiger partial charge in [0.1, 0.15) is 0 Å². The summed E-state index contributed by atoms with van der Waals surface area (Å²) in [6, 6.07) is 0. The Morgan fingerprint density at radius 3 is 2.35 bits per heavy atom. The molecule has 2 rings (SSSR count). The molecule has 4 heteroatoms. The normalized spacial score (nSPS) is 42.6. The number of carboxylic acids is 1. The minimum Gasteiger partial charge on any atom is -0.479 e. The first-order chi connectivity index (χ1) is 10.3. The summed E-state index contributed by atoms with van der Waals surface area (Å²) in [7, 11) is 0. The maximum atomic E-state index is 11.2. The molecule has 0 saturated heterocycles. The van der Waals surface area contributed by atoms with Crippen LogP contribution in [0.4, 0.5) is 0 Å². The van der Waals surface area contributed by atoms with Gasteiger partial charge in [-0.3, -0.25) is 0 Å². The number of aliphatic carboxylic acids is 1. The van der Waals surface area contributed by atoms with Crippen LogP contribution in [0.15, 0.2) is 0 Å². The van der Waals surface area contributed by atoms with E-state index in [0.717, 1.165) is 25.7 Å². The van der Waals surface area contributed by atoms with E-state index in [9.17, 15) is 15.0 Å². The fourth-order valence-corrected chi connectivity index (χ4v) is 5.80. The van der Waals surface area contributed by atoms with E-state index in [1.165, 1.54) is 13.3 Å². The van der Waals surface area contributed by atoms with E-state index in [4.69, 9.17) is 5.11 Å². The Morgan fingerprint density at radius 1 is 1.17 bits per heavy atom. The monoisotopic (exact) mass is 326 g/mol. The number of fused-ring (bicyclic) bond motifs is 1.